The zero-order valence-corrected chi connectivity index (χ0v) is 17.2. The van der Waals surface area contributed by atoms with Gasteiger partial charge < -0.3 is 14.8 Å². The van der Waals surface area contributed by atoms with Crippen LogP contribution in [0.25, 0.3) is 22.2 Å². The van der Waals surface area contributed by atoms with Crippen molar-refractivity contribution in [1.82, 2.24) is 9.97 Å². The quantitative estimate of drug-likeness (QED) is 0.474. The molecule has 3 aromatic carbocycles. The highest BCUT2D eigenvalue weighted by Gasteiger charge is 2.20. The Labute approximate surface area is 177 Å². The number of aromatic amines is 1. The normalized spacial score (nSPS) is 11.7. The van der Waals surface area contributed by atoms with Crippen molar-refractivity contribution >= 4 is 11.0 Å². The summed E-state index contributed by atoms with van der Waals surface area (Å²) in [5.74, 6) is -1.34. The molecule has 4 rings (SSSR count). The Morgan fingerprint density at radius 1 is 1.00 bits per heavy atom. The molecule has 1 heterocycles. The number of aryl methyl sites for hydroxylation is 1. The number of nitrogens with zero attached hydrogens (tertiary/aromatic N) is 1. The van der Waals surface area contributed by atoms with Gasteiger partial charge in [-0.2, -0.15) is 0 Å². The molecule has 0 aliphatic heterocycles. The molecule has 5 nitrogen and oxygen atoms in total. The number of ether oxygens (including phenoxy) is 1. The van der Waals surface area contributed by atoms with Gasteiger partial charge in [-0.05, 0) is 68.3 Å². The molecule has 158 valence electrons. The summed E-state index contributed by atoms with van der Waals surface area (Å²) in [6, 6.07) is 13.4. The Kier molecular flexibility index (Phi) is 5.07. The lowest BCUT2D eigenvalue weighted by Gasteiger charge is -2.21. The average molecular weight is 422 g/mol. The molecule has 0 bridgehead atoms. The molecule has 0 spiro atoms. The van der Waals surface area contributed by atoms with Gasteiger partial charge in [0.1, 0.15) is 17.3 Å². The molecule has 2 N–H and O–H groups in total. The predicted octanol–water partition coefficient (Wildman–Crippen LogP) is 5.20. The first-order chi connectivity index (χ1) is 14.6. The second-order valence-corrected chi connectivity index (χ2v) is 7.83. The predicted molar refractivity (Wildman–Crippen MR) is 114 cm³/mol. The van der Waals surface area contributed by atoms with E-state index in [0.29, 0.717) is 39.2 Å². The third-order valence-corrected chi connectivity index (χ3v) is 4.97. The van der Waals surface area contributed by atoms with Gasteiger partial charge in [0.15, 0.2) is 11.6 Å². The SMILES string of the molecule is Cc1nc2cc(-c3cc(C(C)(C)O)ccc3Oc3ccc(F)cc3F)ccc2[nH]c1=O. The molecule has 4 aromatic rings. The van der Waals surface area contributed by atoms with Crippen LogP contribution in [-0.2, 0) is 5.60 Å². The van der Waals surface area contributed by atoms with Crippen LogP contribution in [0.2, 0.25) is 0 Å². The van der Waals surface area contributed by atoms with Crippen LogP contribution >= 0.6 is 0 Å². The van der Waals surface area contributed by atoms with E-state index < -0.39 is 17.2 Å². The molecular formula is C24H20F2N2O3. The van der Waals surface area contributed by atoms with Gasteiger partial charge in [-0.15, -0.1) is 0 Å². The second kappa shape index (κ2) is 7.59. The first-order valence-corrected chi connectivity index (χ1v) is 9.63. The zero-order chi connectivity index (χ0) is 22.3. The number of benzene rings is 3. The molecule has 0 atom stereocenters. The number of hydrogen-bond acceptors (Lipinski definition) is 4. The maximum Gasteiger partial charge on any atom is 0.269 e. The Hall–Kier alpha value is -3.58. The van der Waals surface area contributed by atoms with Gasteiger partial charge in [0, 0.05) is 11.6 Å². The Morgan fingerprint density at radius 2 is 1.74 bits per heavy atom. The summed E-state index contributed by atoms with van der Waals surface area (Å²) in [5.41, 5.74) is 1.99. The summed E-state index contributed by atoms with van der Waals surface area (Å²) in [6.45, 7) is 4.93. The molecule has 0 saturated heterocycles. The molecule has 0 saturated carbocycles. The van der Waals surface area contributed by atoms with E-state index in [1.807, 2.05) is 0 Å². The molecule has 0 fully saturated rings. The van der Waals surface area contributed by atoms with Crippen LogP contribution in [0.1, 0.15) is 25.1 Å². The van der Waals surface area contributed by atoms with Crippen LogP contribution in [-0.4, -0.2) is 15.1 Å². The largest absolute Gasteiger partial charge is 0.454 e. The first-order valence-electron chi connectivity index (χ1n) is 9.63. The summed E-state index contributed by atoms with van der Waals surface area (Å²) in [6.07, 6.45) is 0. The lowest BCUT2D eigenvalue weighted by molar-refractivity contribution is 0.0786. The van der Waals surface area contributed by atoms with Crippen LogP contribution in [0.4, 0.5) is 8.78 Å². The summed E-state index contributed by atoms with van der Waals surface area (Å²) in [4.78, 5) is 18.9. The number of H-pyrrole nitrogens is 1. The maximum absolute atomic E-state index is 14.2. The molecule has 31 heavy (non-hydrogen) atoms. The molecule has 0 unspecified atom stereocenters. The van der Waals surface area contributed by atoms with E-state index in [2.05, 4.69) is 9.97 Å². The molecule has 1 aromatic heterocycles. The van der Waals surface area contributed by atoms with Crippen molar-refractivity contribution < 1.29 is 18.6 Å². The maximum atomic E-state index is 14.2. The lowest BCUT2D eigenvalue weighted by atomic mass is 9.93. The van der Waals surface area contributed by atoms with Gasteiger partial charge in [-0.3, -0.25) is 4.79 Å². The van der Waals surface area contributed by atoms with E-state index in [1.165, 1.54) is 6.07 Å². The highest BCUT2D eigenvalue weighted by atomic mass is 19.1. The lowest BCUT2D eigenvalue weighted by Crippen LogP contribution is -2.15. The summed E-state index contributed by atoms with van der Waals surface area (Å²) in [5, 5.41) is 10.5. The minimum atomic E-state index is -1.12. The molecule has 7 heteroatoms. The summed E-state index contributed by atoms with van der Waals surface area (Å²) >= 11 is 0. The van der Waals surface area contributed by atoms with Crippen LogP contribution < -0.4 is 10.3 Å². The molecule has 0 aliphatic rings. The number of hydrogen-bond donors (Lipinski definition) is 2. The highest BCUT2D eigenvalue weighted by molar-refractivity contribution is 5.83. The fourth-order valence-corrected chi connectivity index (χ4v) is 3.24. The Bertz CT molecular complexity index is 1360. The molecule has 0 radical (unpaired) electrons. The van der Waals surface area contributed by atoms with E-state index in [1.54, 1.807) is 57.2 Å². The van der Waals surface area contributed by atoms with Gasteiger partial charge in [-0.25, -0.2) is 13.8 Å². The number of rotatable bonds is 4. The number of aliphatic hydroxyl groups is 1. The van der Waals surface area contributed by atoms with Crippen molar-refractivity contribution in [1.29, 1.82) is 0 Å². The minimum absolute atomic E-state index is 0.127. The van der Waals surface area contributed by atoms with Gasteiger partial charge in [0.25, 0.3) is 5.56 Å². The van der Waals surface area contributed by atoms with Gasteiger partial charge in [-0.1, -0.05) is 12.1 Å². The third kappa shape index (κ3) is 4.18. The van der Waals surface area contributed by atoms with Crippen molar-refractivity contribution in [2.45, 2.75) is 26.4 Å². The van der Waals surface area contributed by atoms with Crippen molar-refractivity contribution in [3.8, 4) is 22.6 Å². The van der Waals surface area contributed by atoms with E-state index >= 15 is 0 Å². The Morgan fingerprint density at radius 3 is 2.45 bits per heavy atom. The van der Waals surface area contributed by atoms with Crippen molar-refractivity contribution in [3.63, 3.8) is 0 Å². The van der Waals surface area contributed by atoms with Crippen molar-refractivity contribution in [2.24, 2.45) is 0 Å². The standard InChI is InChI=1S/C24H20F2N2O3/c1-13-23(29)28-19-7-4-14(10-20(19)27-13)17-11-15(24(2,3)30)5-8-21(17)31-22-9-6-16(25)12-18(22)26/h4-12,30H,1-3H3,(H,28,29). The van der Waals surface area contributed by atoms with E-state index in [-0.39, 0.29) is 11.3 Å². The van der Waals surface area contributed by atoms with Gasteiger partial charge >= 0.3 is 0 Å². The third-order valence-electron chi connectivity index (χ3n) is 4.97. The van der Waals surface area contributed by atoms with Crippen molar-refractivity contribution in [2.75, 3.05) is 0 Å². The fraction of sp³-hybridized carbons (Fsp3) is 0.167. The monoisotopic (exact) mass is 422 g/mol. The molecular weight excluding hydrogens is 402 g/mol. The average Bonchev–Trinajstić information content (AvgIpc) is 2.70. The zero-order valence-electron chi connectivity index (χ0n) is 17.2. The smallest absolute Gasteiger partial charge is 0.269 e. The number of nitrogens with one attached hydrogen (secondary N) is 1. The Balaban J connectivity index is 1.88. The highest BCUT2D eigenvalue weighted by Crippen LogP contribution is 2.38. The second-order valence-electron chi connectivity index (χ2n) is 7.83. The minimum Gasteiger partial charge on any atom is -0.454 e. The van der Waals surface area contributed by atoms with E-state index in [9.17, 15) is 18.7 Å². The fourth-order valence-electron chi connectivity index (χ4n) is 3.24. The summed E-state index contributed by atoms with van der Waals surface area (Å²) in [7, 11) is 0. The number of halogens is 2. The molecule has 0 amide bonds. The number of aromatic nitrogens is 2. The molecule has 0 aliphatic carbocycles. The summed E-state index contributed by atoms with van der Waals surface area (Å²) < 4.78 is 33.2. The van der Waals surface area contributed by atoms with Gasteiger partial charge in [0.2, 0.25) is 0 Å². The van der Waals surface area contributed by atoms with Crippen LogP contribution in [0.5, 0.6) is 11.5 Å². The first kappa shape index (κ1) is 20.7. The van der Waals surface area contributed by atoms with E-state index in [4.69, 9.17) is 4.74 Å². The van der Waals surface area contributed by atoms with E-state index in [0.717, 1.165) is 12.1 Å². The van der Waals surface area contributed by atoms with Crippen LogP contribution in [0.15, 0.2) is 59.4 Å². The van der Waals surface area contributed by atoms with Gasteiger partial charge in [0.05, 0.1) is 16.6 Å². The van der Waals surface area contributed by atoms with Crippen molar-refractivity contribution in [3.05, 3.63) is 87.8 Å². The van der Waals surface area contributed by atoms with Crippen LogP contribution in [0.3, 0.4) is 0 Å². The number of fused-ring (bicyclic) bond motifs is 1. The topological polar surface area (TPSA) is 75.2 Å². The van der Waals surface area contributed by atoms with Crippen LogP contribution in [0, 0.1) is 18.6 Å².